The molecule has 0 spiro atoms. The highest BCUT2D eigenvalue weighted by Gasteiger charge is 2.26. The predicted molar refractivity (Wildman–Crippen MR) is 169 cm³/mol. The summed E-state index contributed by atoms with van der Waals surface area (Å²) in [6.07, 6.45) is 10.8. The molecule has 1 saturated carbocycles. The minimum Gasteiger partial charge on any atom is -0.491 e. The number of piperidine rings is 1. The van der Waals surface area contributed by atoms with Crippen molar-refractivity contribution in [1.29, 1.82) is 0 Å². The molecular weight excluding hydrogens is 536 g/mol. The molecule has 43 heavy (non-hydrogen) atoms. The molecule has 8 rings (SSSR count). The number of aromatic amines is 1. The Morgan fingerprint density at radius 1 is 1.00 bits per heavy atom. The zero-order valence-corrected chi connectivity index (χ0v) is 24.7. The number of likely N-dealkylation sites (tertiary alicyclic amines) is 1. The second-order valence-electron chi connectivity index (χ2n) is 12.4. The number of rotatable bonds is 6. The fourth-order valence-electron chi connectivity index (χ4n) is 6.91. The van der Waals surface area contributed by atoms with Crippen LogP contribution in [0.2, 0.25) is 0 Å². The van der Waals surface area contributed by atoms with Crippen LogP contribution in [0.4, 0.5) is 5.69 Å². The summed E-state index contributed by atoms with van der Waals surface area (Å²) in [7, 11) is 2.18. The van der Waals surface area contributed by atoms with Gasteiger partial charge in [0.05, 0.1) is 31.1 Å². The van der Waals surface area contributed by atoms with Crippen LogP contribution in [0.5, 0.6) is 5.75 Å². The lowest BCUT2D eigenvalue weighted by Crippen LogP contribution is -2.31. The number of H-pyrrole nitrogens is 1. The first-order chi connectivity index (χ1) is 21.1. The van der Waals surface area contributed by atoms with Gasteiger partial charge in [0.1, 0.15) is 18.0 Å². The van der Waals surface area contributed by atoms with E-state index in [-0.39, 0.29) is 6.61 Å². The molecule has 1 aliphatic carbocycles. The Morgan fingerprint density at radius 3 is 2.72 bits per heavy atom. The maximum absolute atomic E-state index is 10.8. The van der Waals surface area contributed by atoms with E-state index in [4.69, 9.17) is 9.84 Å². The standard InChI is InChI=1S/C35H38N6O2/c1-39-13-10-27(11-14-39)41-21-26(19-37-41)32-18-30-29(9-12-36-35(30)38-32)28-3-2-4-33(31(28)22-42)40-15-16-43-34-17-24(23-5-6-23)7-8-25(34)20-40/h2-4,7-9,12,17-19,21,23,27,42H,5-6,10-11,13-16,20,22H2,1H3,(H,36,38). The molecule has 0 amide bonds. The van der Waals surface area contributed by atoms with Gasteiger partial charge in [-0.3, -0.25) is 4.68 Å². The van der Waals surface area contributed by atoms with E-state index < -0.39 is 0 Å². The molecule has 2 N–H and O–H groups in total. The molecule has 0 unspecified atom stereocenters. The molecule has 2 fully saturated rings. The summed E-state index contributed by atoms with van der Waals surface area (Å²) in [6, 6.07) is 17.7. The second kappa shape index (κ2) is 10.8. The Hall–Kier alpha value is -4.14. The van der Waals surface area contributed by atoms with Gasteiger partial charge in [0, 0.05) is 46.7 Å². The van der Waals surface area contributed by atoms with Gasteiger partial charge in [-0.1, -0.05) is 24.3 Å². The molecular formula is C35H38N6O2. The Balaban J connectivity index is 1.12. The van der Waals surface area contributed by atoms with Crippen molar-refractivity contribution in [2.75, 3.05) is 38.2 Å². The van der Waals surface area contributed by atoms with Crippen LogP contribution in [0, 0.1) is 0 Å². The highest BCUT2D eigenvalue weighted by Crippen LogP contribution is 2.43. The van der Waals surface area contributed by atoms with E-state index in [1.54, 1.807) is 0 Å². The summed E-state index contributed by atoms with van der Waals surface area (Å²) in [4.78, 5) is 12.9. The molecule has 3 aliphatic rings. The molecule has 1 saturated heterocycles. The van der Waals surface area contributed by atoms with Crippen LogP contribution in [0.3, 0.4) is 0 Å². The smallest absolute Gasteiger partial charge is 0.138 e. The average Bonchev–Trinajstić information content (AvgIpc) is 3.67. The lowest BCUT2D eigenvalue weighted by atomic mass is 9.96. The van der Waals surface area contributed by atoms with Crippen molar-refractivity contribution >= 4 is 16.7 Å². The monoisotopic (exact) mass is 574 g/mol. The minimum absolute atomic E-state index is 0.0548. The number of aliphatic hydroxyl groups is 1. The molecule has 220 valence electrons. The van der Waals surface area contributed by atoms with Crippen molar-refractivity contribution in [3.05, 3.63) is 83.8 Å². The zero-order chi connectivity index (χ0) is 28.9. The first-order valence-electron chi connectivity index (χ1n) is 15.6. The third-order valence-electron chi connectivity index (χ3n) is 9.57. The number of aliphatic hydroxyl groups excluding tert-OH is 1. The molecule has 2 aromatic carbocycles. The van der Waals surface area contributed by atoms with Gasteiger partial charge in [-0.25, -0.2) is 4.98 Å². The van der Waals surface area contributed by atoms with Crippen LogP contribution >= 0.6 is 0 Å². The van der Waals surface area contributed by atoms with Crippen molar-refractivity contribution in [3.8, 4) is 28.1 Å². The van der Waals surface area contributed by atoms with Gasteiger partial charge < -0.3 is 24.6 Å². The van der Waals surface area contributed by atoms with Gasteiger partial charge in [0.2, 0.25) is 0 Å². The molecule has 2 aliphatic heterocycles. The average molecular weight is 575 g/mol. The molecule has 5 heterocycles. The fraction of sp³-hybridized carbons (Fsp3) is 0.371. The fourth-order valence-corrected chi connectivity index (χ4v) is 6.91. The molecule has 8 heteroatoms. The van der Waals surface area contributed by atoms with Crippen molar-refractivity contribution in [1.82, 2.24) is 24.6 Å². The third-order valence-corrected chi connectivity index (χ3v) is 9.57. The number of fused-ring (bicyclic) bond motifs is 2. The Kier molecular flexibility index (Phi) is 6.68. The summed E-state index contributed by atoms with van der Waals surface area (Å²) in [5.41, 5.74) is 9.53. The van der Waals surface area contributed by atoms with Gasteiger partial charge in [-0.05, 0) is 92.7 Å². The number of benzene rings is 2. The maximum Gasteiger partial charge on any atom is 0.138 e. The molecule has 0 bridgehead atoms. The summed E-state index contributed by atoms with van der Waals surface area (Å²) in [6.45, 7) is 4.26. The number of anilines is 1. The quantitative estimate of drug-likeness (QED) is 0.254. The Morgan fingerprint density at radius 2 is 1.88 bits per heavy atom. The second-order valence-corrected chi connectivity index (χ2v) is 12.4. The number of ether oxygens (including phenoxy) is 1. The van der Waals surface area contributed by atoms with Gasteiger partial charge in [0.25, 0.3) is 0 Å². The summed E-state index contributed by atoms with van der Waals surface area (Å²) in [5, 5.41) is 16.5. The lowest BCUT2D eigenvalue weighted by molar-refractivity contribution is 0.212. The number of hydrogen-bond acceptors (Lipinski definition) is 6. The molecule has 0 radical (unpaired) electrons. The van der Waals surface area contributed by atoms with E-state index >= 15 is 0 Å². The lowest BCUT2D eigenvalue weighted by Gasteiger charge is -2.28. The number of hydrogen-bond donors (Lipinski definition) is 2. The highest BCUT2D eigenvalue weighted by molar-refractivity contribution is 5.97. The van der Waals surface area contributed by atoms with Crippen LogP contribution in [0.25, 0.3) is 33.4 Å². The van der Waals surface area contributed by atoms with E-state index in [1.807, 2.05) is 12.4 Å². The highest BCUT2D eigenvalue weighted by atomic mass is 16.5. The number of aromatic nitrogens is 4. The van der Waals surface area contributed by atoms with E-state index in [9.17, 15) is 5.11 Å². The van der Waals surface area contributed by atoms with Gasteiger partial charge in [-0.15, -0.1) is 0 Å². The minimum atomic E-state index is -0.0548. The van der Waals surface area contributed by atoms with E-state index in [2.05, 4.69) is 86.2 Å². The van der Waals surface area contributed by atoms with Crippen LogP contribution in [-0.2, 0) is 13.2 Å². The predicted octanol–water partition coefficient (Wildman–Crippen LogP) is 6.13. The normalized spacial score (nSPS) is 18.0. The number of nitrogens with one attached hydrogen (secondary N) is 1. The molecule has 3 aromatic heterocycles. The van der Waals surface area contributed by atoms with Crippen LogP contribution < -0.4 is 9.64 Å². The van der Waals surface area contributed by atoms with Gasteiger partial charge >= 0.3 is 0 Å². The largest absolute Gasteiger partial charge is 0.491 e. The number of nitrogens with zero attached hydrogens (tertiary/aromatic N) is 5. The first kappa shape index (κ1) is 26.5. The summed E-state index contributed by atoms with van der Waals surface area (Å²) in [5.74, 6) is 1.70. The maximum atomic E-state index is 10.8. The topological polar surface area (TPSA) is 82.4 Å². The Bertz CT molecular complexity index is 1780. The van der Waals surface area contributed by atoms with Crippen LogP contribution in [-0.4, -0.2) is 63.0 Å². The zero-order valence-electron chi connectivity index (χ0n) is 24.7. The van der Waals surface area contributed by atoms with Gasteiger partial charge in [0.15, 0.2) is 0 Å². The van der Waals surface area contributed by atoms with Crippen LogP contribution in [0.15, 0.2) is 67.1 Å². The van der Waals surface area contributed by atoms with E-state index in [0.29, 0.717) is 18.6 Å². The summed E-state index contributed by atoms with van der Waals surface area (Å²) >= 11 is 0. The number of pyridine rings is 1. The van der Waals surface area contributed by atoms with E-state index in [0.717, 1.165) is 89.4 Å². The first-order valence-corrected chi connectivity index (χ1v) is 15.6. The van der Waals surface area contributed by atoms with Crippen molar-refractivity contribution in [2.24, 2.45) is 0 Å². The third kappa shape index (κ3) is 4.98. The van der Waals surface area contributed by atoms with Gasteiger partial charge in [-0.2, -0.15) is 5.10 Å². The summed E-state index contributed by atoms with van der Waals surface area (Å²) < 4.78 is 8.36. The molecule has 8 nitrogen and oxygen atoms in total. The Labute approximate surface area is 251 Å². The van der Waals surface area contributed by atoms with Crippen molar-refractivity contribution < 1.29 is 9.84 Å². The SMILES string of the molecule is CN1CCC(n2cc(-c3cc4c(-c5cccc(N6CCOc7cc(C8CC8)ccc7C6)c5CO)ccnc4[nH]3)cn2)CC1. The molecule has 5 aromatic rings. The van der Waals surface area contributed by atoms with Crippen molar-refractivity contribution in [2.45, 2.75) is 50.8 Å². The van der Waals surface area contributed by atoms with Crippen LogP contribution in [0.1, 0.15) is 54.3 Å². The van der Waals surface area contributed by atoms with Crippen molar-refractivity contribution in [3.63, 3.8) is 0 Å². The molecule has 0 atom stereocenters. The van der Waals surface area contributed by atoms with E-state index in [1.165, 1.54) is 24.0 Å².